The molecule has 1 aliphatic carbocycles. The number of carbonyl (C=O) groups is 2. The van der Waals surface area contributed by atoms with Crippen molar-refractivity contribution in [3.8, 4) is 0 Å². The van der Waals surface area contributed by atoms with Crippen molar-refractivity contribution in [3.63, 3.8) is 0 Å². The van der Waals surface area contributed by atoms with Gasteiger partial charge in [0, 0.05) is 36.2 Å². The predicted molar refractivity (Wildman–Crippen MR) is 127 cm³/mol. The highest BCUT2D eigenvalue weighted by molar-refractivity contribution is 7.81. The minimum Gasteiger partial charge on any atom is -0.466 e. The van der Waals surface area contributed by atoms with Crippen molar-refractivity contribution in [1.29, 1.82) is 0 Å². The molecule has 2 aliphatic rings. The molecule has 1 aliphatic heterocycles. The summed E-state index contributed by atoms with van der Waals surface area (Å²) < 4.78 is 19.6. The van der Waals surface area contributed by atoms with Gasteiger partial charge in [-0.3, -0.25) is 14.5 Å². The second-order valence-corrected chi connectivity index (χ2v) is 9.37. The predicted octanol–water partition coefficient (Wildman–Crippen LogP) is 3.26. The van der Waals surface area contributed by atoms with Crippen LogP contribution in [-0.4, -0.2) is 61.8 Å². The summed E-state index contributed by atoms with van der Waals surface area (Å²) in [5.41, 5.74) is 1.40. The van der Waals surface area contributed by atoms with Crippen molar-refractivity contribution in [2.75, 3.05) is 19.7 Å². The number of hydrogen-bond acceptors (Lipinski definition) is 8. The smallest absolute Gasteiger partial charge is 0.305 e. The summed E-state index contributed by atoms with van der Waals surface area (Å²) in [6.07, 6.45) is 5.18. The van der Waals surface area contributed by atoms with E-state index in [9.17, 15) is 14.0 Å². The van der Waals surface area contributed by atoms with Gasteiger partial charge < -0.3 is 4.74 Å². The average Bonchev–Trinajstić information content (AvgIpc) is 3.58. The van der Waals surface area contributed by atoms with Gasteiger partial charge in [-0.25, -0.2) is 4.39 Å². The van der Waals surface area contributed by atoms with Gasteiger partial charge in [-0.05, 0) is 55.5 Å². The van der Waals surface area contributed by atoms with E-state index in [-0.39, 0.29) is 28.7 Å². The number of aromatic nitrogens is 4. The van der Waals surface area contributed by atoms with Gasteiger partial charge in [0.15, 0.2) is 11.6 Å². The van der Waals surface area contributed by atoms with Crippen LogP contribution >= 0.6 is 12.6 Å². The van der Waals surface area contributed by atoms with Crippen molar-refractivity contribution in [2.45, 2.75) is 56.9 Å². The Labute approximate surface area is 203 Å². The molecule has 34 heavy (non-hydrogen) atoms. The lowest BCUT2D eigenvalue weighted by atomic mass is 9.93. The van der Waals surface area contributed by atoms with Crippen LogP contribution in [-0.2, 0) is 20.9 Å². The highest BCUT2D eigenvalue weighted by atomic mass is 32.1. The summed E-state index contributed by atoms with van der Waals surface area (Å²) in [5.74, 6) is -0.0413. The molecule has 2 fully saturated rings. The molecule has 182 valence electrons. The molecule has 2 unspecified atom stereocenters. The zero-order valence-electron chi connectivity index (χ0n) is 19.3. The molecule has 1 aromatic heterocycles. The van der Waals surface area contributed by atoms with Gasteiger partial charge in [-0.15, -0.1) is 10.2 Å². The van der Waals surface area contributed by atoms with Gasteiger partial charge in [0.1, 0.15) is 5.82 Å². The fourth-order valence-corrected chi connectivity index (χ4v) is 4.52. The Hall–Kier alpha value is -2.59. The van der Waals surface area contributed by atoms with Crippen molar-refractivity contribution >= 4 is 30.5 Å². The molecular weight excluding hydrogens is 457 g/mol. The summed E-state index contributed by atoms with van der Waals surface area (Å²) >= 11 is 4.73. The van der Waals surface area contributed by atoms with Crippen molar-refractivity contribution in [3.05, 3.63) is 47.0 Å². The van der Waals surface area contributed by atoms with E-state index < -0.39 is 6.04 Å². The first-order valence-corrected chi connectivity index (χ1v) is 12.3. The van der Waals surface area contributed by atoms with E-state index in [0.717, 1.165) is 24.8 Å². The standard InChI is InChI=1S/C24H30FN5O3S/c1-2-33-22(31)8-5-12-30-27-21(26-28-30)14-17-15-29(13-11-20(17)34)23(24(32)16-9-10-16)18-6-3-4-7-19(18)25/h3-4,6-7,14,16,20,23,34H,2,5,8-13,15H2,1H3/b17-14-. The van der Waals surface area contributed by atoms with Gasteiger partial charge >= 0.3 is 5.97 Å². The van der Waals surface area contributed by atoms with Crippen molar-refractivity contribution in [2.24, 2.45) is 5.92 Å². The molecule has 1 saturated heterocycles. The number of esters is 1. The third-order valence-electron chi connectivity index (χ3n) is 6.14. The second-order valence-electron chi connectivity index (χ2n) is 8.75. The Morgan fingerprint density at radius 3 is 2.82 bits per heavy atom. The number of thiol groups is 1. The number of Topliss-reactive ketones (excluding diaryl/α,β-unsaturated/α-hetero) is 1. The van der Waals surface area contributed by atoms with Crippen LogP contribution < -0.4 is 0 Å². The zero-order valence-corrected chi connectivity index (χ0v) is 20.2. The van der Waals surface area contributed by atoms with E-state index in [2.05, 4.69) is 15.4 Å². The number of piperidine rings is 1. The number of aryl methyl sites for hydroxylation is 1. The van der Waals surface area contributed by atoms with E-state index in [4.69, 9.17) is 17.4 Å². The Morgan fingerprint density at radius 2 is 2.09 bits per heavy atom. The van der Waals surface area contributed by atoms with Crippen molar-refractivity contribution < 1.29 is 18.7 Å². The lowest BCUT2D eigenvalue weighted by molar-refractivity contribution is -0.143. The van der Waals surface area contributed by atoms with Crippen LogP contribution in [0.25, 0.3) is 6.08 Å². The highest BCUT2D eigenvalue weighted by Crippen LogP contribution is 2.39. The Balaban J connectivity index is 1.47. The average molecular weight is 488 g/mol. The number of likely N-dealkylation sites (tertiary alicyclic amines) is 1. The van der Waals surface area contributed by atoms with Crippen LogP contribution in [0, 0.1) is 11.7 Å². The molecular formula is C24H30FN5O3S. The first kappa shape index (κ1) is 24.5. The molecule has 10 heteroatoms. The first-order valence-electron chi connectivity index (χ1n) is 11.8. The monoisotopic (exact) mass is 487 g/mol. The highest BCUT2D eigenvalue weighted by Gasteiger charge is 2.40. The molecule has 0 N–H and O–H groups in total. The van der Waals surface area contributed by atoms with Gasteiger partial charge in [-0.1, -0.05) is 18.2 Å². The van der Waals surface area contributed by atoms with Gasteiger partial charge in [0.25, 0.3) is 0 Å². The number of benzene rings is 1. The number of ketones is 1. The van der Waals surface area contributed by atoms with Gasteiger partial charge in [0.05, 0.1) is 19.2 Å². The maximum absolute atomic E-state index is 14.7. The Morgan fingerprint density at radius 1 is 1.29 bits per heavy atom. The number of tetrazole rings is 1. The quantitative estimate of drug-likeness (QED) is 0.406. The fourth-order valence-electron chi connectivity index (χ4n) is 4.24. The number of carbonyl (C=O) groups excluding carboxylic acids is 2. The number of halogens is 1. The van der Waals surface area contributed by atoms with Crippen LogP contribution in [0.4, 0.5) is 4.39 Å². The molecule has 0 radical (unpaired) electrons. The lowest BCUT2D eigenvalue weighted by Gasteiger charge is -2.37. The van der Waals surface area contributed by atoms with E-state index >= 15 is 0 Å². The number of nitrogens with zero attached hydrogens (tertiary/aromatic N) is 5. The van der Waals surface area contributed by atoms with E-state index in [1.54, 1.807) is 25.1 Å². The number of ether oxygens (including phenoxy) is 1. The Kier molecular flexibility index (Phi) is 8.10. The summed E-state index contributed by atoms with van der Waals surface area (Å²) in [6, 6.07) is 5.93. The maximum Gasteiger partial charge on any atom is 0.305 e. The zero-order chi connectivity index (χ0) is 24.1. The first-order chi connectivity index (χ1) is 16.5. The van der Waals surface area contributed by atoms with Crippen LogP contribution in [0.15, 0.2) is 29.8 Å². The molecule has 8 nitrogen and oxygen atoms in total. The molecule has 0 amide bonds. The normalized spacial score (nSPS) is 20.9. The maximum atomic E-state index is 14.7. The van der Waals surface area contributed by atoms with E-state index in [0.29, 0.717) is 50.5 Å². The summed E-state index contributed by atoms with van der Waals surface area (Å²) in [4.78, 5) is 28.2. The molecule has 0 bridgehead atoms. The van der Waals surface area contributed by atoms with Crippen LogP contribution in [0.5, 0.6) is 0 Å². The third-order valence-corrected chi connectivity index (χ3v) is 6.73. The largest absolute Gasteiger partial charge is 0.466 e. The molecule has 2 atom stereocenters. The van der Waals surface area contributed by atoms with Crippen LogP contribution in [0.2, 0.25) is 0 Å². The lowest BCUT2D eigenvalue weighted by Crippen LogP contribution is -2.42. The molecule has 0 spiro atoms. The minimum atomic E-state index is -0.607. The molecule has 1 saturated carbocycles. The molecule has 4 rings (SSSR count). The minimum absolute atomic E-state index is 0.00990. The summed E-state index contributed by atoms with van der Waals surface area (Å²) in [5, 5.41) is 12.5. The van der Waals surface area contributed by atoms with Crippen LogP contribution in [0.3, 0.4) is 0 Å². The van der Waals surface area contributed by atoms with E-state index in [1.165, 1.54) is 10.9 Å². The van der Waals surface area contributed by atoms with Gasteiger partial charge in [0.2, 0.25) is 0 Å². The van der Waals surface area contributed by atoms with Crippen LogP contribution in [0.1, 0.15) is 56.5 Å². The van der Waals surface area contributed by atoms with E-state index in [1.807, 2.05) is 11.0 Å². The number of rotatable bonds is 10. The summed E-state index contributed by atoms with van der Waals surface area (Å²) in [6.45, 7) is 3.72. The molecule has 2 heterocycles. The SMILES string of the molecule is CCOC(=O)CCCn1nnc(/C=C2/CN(C(C(=O)C3CC3)c3ccccc3F)CCC2S)n1. The van der Waals surface area contributed by atoms with Crippen molar-refractivity contribution in [1.82, 2.24) is 25.1 Å². The number of hydrogen-bond donors (Lipinski definition) is 1. The third kappa shape index (κ3) is 6.09. The fraction of sp³-hybridized carbons (Fsp3) is 0.542. The molecule has 2 aromatic rings. The Bertz CT molecular complexity index is 1050. The summed E-state index contributed by atoms with van der Waals surface area (Å²) in [7, 11) is 0. The van der Waals surface area contributed by atoms with Gasteiger partial charge in [-0.2, -0.15) is 17.4 Å². The topological polar surface area (TPSA) is 90.2 Å². The second kappa shape index (κ2) is 11.2. The molecule has 1 aromatic carbocycles.